The van der Waals surface area contributed by atoms with Crippen LogP contribution in [0.1, 0.15) is 60.8 Å². The normalized spacial score (nSPS) is 27.4. The Bertz CT molecular complexity index is 223. The second-order valence-electron chi connectivity index (χ2n) is 6.28. The Balaban J connectivity index is 2.56. The molecule has 0 radical (unpaired) electrons. The van der Waals surface area contributed by atoms with Gasteiger partial charge in [-0.05, 0) is 38.0 Å². The monoisotopic (exact) mass is 242 g/mol. The Labute approximate surface area is 107 Å². The van der Waals surface area contributed by atoms with Gasteiger partial charge in [0.15, 0.2) is 5.79 Å². The molecular formula is C15H30O2. The summed E-state index contributed by atoms with van der Waals surface area (Å²) in [6.45, 7) is 14.0. The van der Waals surface area contributed by atoms with E-state index in [-0.39, 0.29) is 11.9 Å². The van der Waals surface area contributed by atoms with E-state index in [9.17, 15) is 0 Å². The van der Waals surface area contributed by atoms with Crippen molar-refractivity contribution in [2.24, 2.45) is 17.8 Å². The van der Waals surface area contributed by atoms with Gasteiger partial charge in [0, 0.05) is 0 Å². The van der Waals surface area contributed by atoms with E-state index in [0.717, 1.165) is 18.4 Å². The van der Waals surface area contributed by atoms with E-state index in [4.69, 9.17) is 9.47 Å². The topological polar surface area (TPSA) is 18.5 Å². The third-order valence-corrected chi connectivity index (χ3v) is 4.04. The van der Waals surface area contributed by atoms with E-state index in [2.05, 4.69) is 27.7 Å². The van der Waals surface area contributed by atoms with E-state index < -0.39 is 0 Å². The first-order chi connectivity index (χ1) is 7.87. The standard InChI is InChI=1S/C15H30O2/c1-7-8-9-13(11(2)3)12(4)14-10-16-15(5,6)17-14/h11-14H,7-10H2,1-6H3. The van der Waals surface area contributed by atoms with Gasteiger partial charge in [0.2, 0.25) is 0 Å². The molecule has 2 nitrogen and oxygen atoms in total. The maximum atomic E-state index is 6.00. The molecule has 0 amide bonds. The van der Waals surface area contributed by atoms with E-state index >= 15 is 0 Å². The highest BCUT2D eigenvalue weighted by Crippen LogP contribution is 2.35. The van der Waals surface area contributed by atoms with Crippen molar-refractivity contribution in [1.82, 2.24) is 0 Å². The van der Waals surface area contributed by atoms with Crippen molar-refractivity contribution in [3.05, 3.63) is 0 Å². The molecule has 3 unspecified atom stereocenters. The molecule has 0 aromatic rings. The highest BCUT2D eigenvalue weighted by Gasteiger charge is 2.38. The fourth-order valence-electron chi connectivity index (χ4n) is 2.89. The van der Waals surface area contributed by atoms with Gasteiger partial charge in [0.25, 0.3) is 0 Å². The number of unbranched alkanes of at least 4 members (excludes halogenated alkanes) is 1. The highest BCUT2D eigenvalue weighted by atomic mass is 16.7. The minimum atomic E-state index is -0.384. The molecular weight excluding hydrogens is 212 g/mol. The number of hydrogen-bond donors (Lipinski definition) is 0. The molecule has 0 aromatic carbocycles. The molecule has 1 saturated heterocycles. The predicted molar refractivity (Wildman–Crippen MR) is 71.9 cm³/mol. The molecule has 1 aliphatic rings. The van der Waals surface area contributed by atoms with E-state index in [1.54, 1.807) is 0 Å². The van der Waals surface area contributed by atoms with Gasteiger partial charge < -0.3 is 9.47 Å². The molecule has 0 saturated carbocycles. The molecule has 1 aliphatic heterocycles. The zero-order valence-electron chi connectivity index (χ0n) is 12.5. The van der Waals surface area contributed by atoms with Crippen LogP contribution in [-0.4, -0.2) is 18.5 Å². The Morgan fingerprint density at radius 2 is 1.88 bits per heavy atom. The lowest BCUT2D eigenvalue weighted by molar-refractivity contribution is -0.147. The number of ether oxygens (including phenoxy) is 2. The smallest absolute Gasteiger partial charge is 0.163 e. The van der Waals surface area contributed by atoms with Gasteiger partial charge in [0.05, 0.1) is 12.7 Å². The van der Waals surface area contributed by atoms with Crippen molar-refractivity contribution in [3.8, 4) is 0 Å². The summed E-state index contributed by atoms with van der Waals surface area (Å²) in [4.78, 5) is 0. The molecule has 0 bridgehead atoms. The second kappa shape index (κ2) is 6.19. The molecule has 17 heavy (non-hydrogen) atoms. The van der Waals surface area contributed by atoms with Crippen LogP contribution in [0.4, 0.5) is 0 Å². The Morgan fingerprint density at radius 3 is 2.29 bits per heavy atom. The molecule has 0 aliphatic carbocycles. The summed E-state index contributed by atoms with van der Waals surface area (Å²) in [6.07, 6.45) is 4.19. The number of hydrogen-bond acceptors (Lipinski definition) is 2. The van der Waals surface area contributed by atoms with Crippen LogP contribution in [0.15, 0.2) is 0 Å². The van der Waals surface area contributed by atoms with Crippen LogP contribution in [0, 0.1) is 17.8 Å². The predicted octanol–water partition coefficient (Wildman–Crippen LogP) is 4.24. The lowest BCUT2D eigenvalue weighted by Crippen LogP contribution is -2.32. The van der Waals surface area contributed by atoms with Crippen molar-refractivity contribution in [2.45, 2.75) is 72.7 Å². The van der Waals surface area contributed by atoms with Crippen molar-refractivity contribution >= 4 is 0 Å². The summed E-state index contributed by atoms with van der Waals surface area (Å²) >= 11 is 0. The first-order valence-corrected chi connectivity index (χ1v) is 7.19. The molecule has 0 aromatic heterocycles. The maximum Gasteiger partial charge on any atom is 0.163 e. The first kappa shape index (κ1) is 15.0. The Hall–Kier alpha value is -0.0800. The summed E-state index contributed by atoms with van der Waals surface area (Å²) in [7, 11) is 0. The maximum absolute atomic E-state index is 6.00. The van der Waals surface area contributed by atoms with Crippen molar-refractivity contribution in [3.63, 3.8) is 0 Å². The van der Waals surface area contributed by atoms with Crippen LogP contribution in [0.3, 0.4) is 0 Å². The second-order valence-corrected chi connectivity index (χ2v) is 6.28. The van der Waals surface area contributed by atoms with Gasteiger partial charge in [-0.2, -0.15) is 0 Å². The van der Waals surface area contributed by atoms with Crippen molar-refractivity contribution in [1.29, 1.82) is 0 Å². The summed E-state index contributed by atoms with van der Waals surface area (Å²) in [6, 6.07) is 0. The van der Waals surface area contributed by atoms with Gasteiger partial charge >= 0.3 is 0 Å². The summed E-state index contributed by atoms with van der Waals surface area (Å²) in [5.74, 6) is 1.68. The lowest BCUT2D eigenvalue weighted by atomic mass is 9.78. The Morgan fingerprint density at radius 1 is 1.24 bits per heavy atom. The number of rotatable bonds is 6. The summed E-state index contributed by atoms with van der Waals surface area (Å²) in [5, 5.41) is 0. The van der Waals surface area contributed by atoms with Gasteiger partial charge in [-0.3, -0.25) is 0 Å². The van der Waals surface area contributed by atoms with Crippen molar-refractivity contribution in [2.75, 3.05) is 6.61 Å². The lowest BCUT2D eigenvalue weighted by Gasteiger charge is -2.31. The van der Waals surface area contributed by atoms with Crippen LogP contribution in [0.2, 0.25) is 0 Å². The van der Waals surface area contributed by atoms with Gasteiger partial charge in [-0.25, -0.2) is 0 Å². The van der Waals surface area contributed by atoms with Crippen molar-refractivity contribution < 1.29 is 9.47 Å². The molecule has 1 heterocycles. The van der Waals surface area contributed by atoms with Crippen LogP contribution in [0.25, 0.3) is 0 Å². The molecule has 0 N–H and O–H groups in total. The third-order valence-electron chi connectivity index (χ3n) is 4.04. The van der Waals surface area contributed by atoms with Gasteiger partial charge in [-0.1, -0.05) is 40.5 Å². The molecule has 2 heteroatoms. The summed E-state index contributed by atoms with van der Waals surface area (Å²) in [5.41, 5.74) is 0. The highest BCUT2D eigenvalue weighted by molar-refractivity contribution is 4.81. The SMILES string of the molecule is CCCCC(C(C)C)C(C)C1COC(C)(C)O1. The third kappa shape index (κ3) is 4.26. The minimum Gasteiger partial charge on any atom is -0.348 e. The minimum absolute atomic E-state index is 0.272. The zero-order valence-corrected chi connectivity index (χ0v) is 12.5. The van der Waals surface area contributed by atoms with E-state index in [1.807, 2.05) is 13.8 Å². The molecule has 1 fully saturated rings. The Kier molecular flexibility index (Phi) is 5.46. The summed E-state index contributed by atoms with van der Waals surface area (Å²) < 4.78 is 11.7. The van der Waals surface area contributed by atoms with Gasteiger partial charge in [-0.15, -0.1) is 0 Å². The fraction of sp³-hybridized carbons (Fsp3) is 1.00. The van der Waals surface area contributed by atoms with E-state index in [1.165, 1.54) is 19.3 Å². The van der Waals surface area contributed by atoms with E-state index in [0.29, 0.717) is 5.92 Å². The average Bonchev–Trinajstić information content (AvgIpc) is 2.58. The molecule has 1 rings (SSSR count). The van der Waals surface area contributed by atoms with Crippen LogP contribution < -0.4 is 0 Å². The fourth-order valence-corrected chi connectivity index (χ4v) is 2.89. The first-order valence-electron chi connectivity index (χ1n) is 7.19. The molecule has 3 atom stereocenters. The van der Waals surface area contributed by atoms with Crippen LogP contribution in [0.5, 0.6) is 0 Å². The van der Waals surface area contributed by atoms with Gasteiger partial charge in [0.1, 0.15) is 0 Å². The van der Waals surface area contributed by atoms with Crippen LogP contribution >= 0.6 is 0 Å². The molecule has 102 valence electrons. The average molecular weight is 242 g/mol. The molecule has 0 spiro atoms. The zero-order chi connectivity index (χ0) is 13.1. The largest absolute Gasteiger partial charge is 0.348 e. The quantitative estimate of drug-likeness (QED) is 0.693. The van der Waals surface area contributed by atoms with Crippen LogP contribution in [-0.2, 0) is 9.47 Å².